The Kier molecular flexibility index (Phi) is 3.71. The summed E-state index contributed by atoms with van der Waals surface area (Å²) >= 11 is 1.63. The van der Waals surface area contributed by atoms with E-state index < -0.39 is 0 Å². The van der Waals surface area contributed by atoms with E-state index in [2.05, 4.69) is 10.7 Å². The molecule has 0 spiro atoms. The fourth-order valence-corrected chi connectivity index (χ4v) is 3.10. The Labute approximate surface area is 111 Å². The lowest BCUT2D eigenvalue weighted by molar-refractivity contribution is -0.148. The molecule has 4 nitrogen and oxygen atoms in total. The molecule has 0 aliphatic carbocycles. The Bertz CT molecular complexity index is 467. The number of piperazine rings is 1. The van der Waals surface area contributed by atoms with Gasteiger partial charge in [0, 0.05) is 6.54 Å². The Morgan fingerprint density at radius 2 is 2.17 bits per heavy atom. The average molecular weight is 266 g/mol. The number of carbonyl (C=O) groups excluding carboxylic acids is 2. The van der Waals surface area contributed by atoms with Gasteiger partial charge in [-0.25, -0.2) is 0 Å². The van der Waals surface area contributed by atoms with Crippen molar-refractivity contribution in [3.63, 3.8) is 0 Å². The fraction of sp³-hybridized carbons (Fsp3) is 0.538. The number of carbonyl (C=O) groups is 2. The van der Waals surface area contributed by atoms with Gasteiger partial charge in [-0.15, -0.1) is 0 Å². The summed E-state index contributed by atoms with van der Waals surface area (Å²) in [4.78, 5) is 25.6. The van der Waals surface area contributed by atoms with Gasteiger partial charge < -0.3 is 10.2 Å². The molecule has 1 fully saturated rings. The lowest BCUT2D eigenvalue weighted by Gasteiger charge is -2.37. The molecule has 1 N–H and O–H groups in total. The zero-order valence-electron chi connectivity index (χ0n) is 10.9. The summed E-state index contributed by atoms with van der Waals surface area (Å²) in [7, 11) is 0. The zero-order chi connectivity index (χ0) is 13.3. The van der Waals surface area contributed by atoms with E-state index in [0.29, 0.717) is 6.54 Å². The van der Waals surface area contributed by atoms with Crippen LogP contribution in [0.5, 0.6) is 0 Å². The molecule has 1 atom stereocenters. The topological polar surface area (TPSA) is 49.4 Å². The van der Waals surface area contributed by atoms with E-state index in [4.69, 9.17) is 0 Å². The van der Waals surface area contributed by atoms with Crippen molar-refractivity contribution >= 4 is 23.2 Å². The van der Waals surface area contributed by atoms with Gasteiger partial charge in [-0.1, -0.05) is 13.8 Å². The lowest BCUT2D eigenvalue weighted by Crippen LogP contribution is -2.59. The Balaban J connectivity index is 2.23. The molecule has 1 aromatic rings. The molecule has 5 heteroatoms. The van der Waals surface area contributed by atoms with Crippen LogP contribution in [0.3, 0.4) is 0 Å². The molecule has 2 amide bonds. The molecule has 0 saturated carbocycles. The van der Waals surface area contributed by atoms with Crippen molar-refractivity contribution in [2.45, 2.75) is 33.4 Å². The summed E-state index contributed by atoms with van der Waals surface area (Å²) in [6, 6.07) is -0.356. The monoisotopic (exact) mass is 266 g/mol. The quantitative estimate of drug-likeness (QED) is 0.902. The Morgan fingerprint density at radius 1 is 1.44 bits per heavy atom. The fourth-order valence-electron chi connectivity index (χ4n) is 2.25. The average Bonchev–Trinajstić information content (AvgIpc) is 2.69. The van der Waals surface area contributed by atoms with Gasteiger partial charge in [0.25, 0.3) is 0 Å². The number of rotatable bonds is 3. The van der Waals surface area contributed by atoms with E-state index in [1.807, 2.05) is 26.2 Å². The van der Waals surface area contributed by atoms with Gasteiger partial charge in [0.05, 0.1) is 6.54 Å². The number of nitrogens with one attached hydrogen (secondary N) is 1. The second kappa shape index (κ2) is 5.10. The summed E-state index contributed by atoms with van der Waals surface area (Å²) in [5, 5.41) is 6.77. The number of hydrogen-bond donors (Lipinski definition) is 1. The normalized spacial score (nSPS) is 20.4. The van der Waals surface area contributed by atoms with Gasteiger partial charge in [-0.2, -0.15) is 11.3 Å². The van der Waals surface area contributed by atoms with Crippen molar-refractivity contribution in [3.05, 3.63) is 21.9 Å². The number of nitrogens with zero attached hydrogens (tertiary/aromatic N) is 1. The van der Waals surface area contributed by atoms with Crippen molar-refractivity contribution in [1.82, 2.24) is 10.2 Å². The highest BCUT2D eigenvalue weighted by Gasteiger charge is 2.36. The van der Waals surface area contributed by atoms with Gasteiger partial charge in [0.15, 0.2) is 0 Å². The van der Waals surface area contributed by atoms with Gasteiger partial charge in [0.2, 0.25) is 11.8 Å². The molecule has 1 aliphatic heterocycles. The van der Waals surface area contributed by atoms with Gasteiger partial charge in [-0.05, 0) is 34.7 Å². The standard InChI is InChI=1S/C13H18N2O2S/c1-8(2)12-13(17)14-4-11(16)15(12)5-10-7-18-6-9(10)3/h6-8,12H,4-5H2,1-3H3,(H,14,17). The highest BCUT2D eigenvalue weighted by molar-refractivity contribution is 7.08. The lowest BCUT2D eigenvalue weighted by atomic mass is 9.98. The third-order valence-electron chi connectivity index (χ3n) is 3.27. The van der Waals surface area contributed by atoms with E-state index in [1.165, 1.54) is 5.56 Å². The van der Waals surface area contributed by atoms with Gasteiger partial charge in [-0.3, -0.25) is 9.59 Å². The van der Waals surface area contributed by atoms with Crippen LogP contribution in [0.15, 0.2) is 10.8 Å². The van der Waals surface area contributed by atoms with E-state index in [1.54, 1.807) is 16.2 Å². The molecule has 0 aromatic carbocycles. The maximum Gasteiger partial charge on any atom is 0.243 e. The summed E-state index contributed by atoms with van der Waals surface area (Å²) in [6.45, 7) is 6.62. The van der Waals surface area contributed by atoms with Crippen LogP contribution in [0.4, 0.5) is 0 Å². The Morgan fingerprint density at radius 3 is 2.72 bits per heavy atom. The van der Waals surface area contributed by atoms with Crippen molar-refractivity contribution in [2.75, 3.05) is 6.54 Å². The first-order valence-electron chi connectivity index (χ1n) is 6.09. The second-order valence-corrected chi connectivity index (χ2v) is 5.75. The van der Waals surface area contributed by atoms with Crippen molar-refractivity contribution < 1.29 is 9.59 Å². The minimum atomic E-state index is -0.356. The van der Waals surface area contributed by atoms with Crippen molar-refractivity contribution in [3.8, 4) is 0 Å². The maximum atomic E-state index is 12.0. The van der Waals surface area contributed by atoms with E-state index in [9.17, 15) is 9.59 Å². The molecular weight excluding hydrogens is 248 g/mol. The van der Waals surface area contributed by atoms with Crippen LogP contribution in [-0.4, -0.2) is 29.3 Å². The molecule has 18 heavy (non-hydrogen) atoms. The first-order valence-corrected chi connectivity index (χ1v) is 7.04. The first kappa shape index (κ1) is 13.1. The third-order valence-corrected chi connectivity index (χ3v) is 4.18. The number of hydrogen-bond acceptors (Lipinski definition) is 3. The van der Waals surface area contributed by atoms with Crippen LogP contribution >= 0.6 is 11.3 Å². The zero-order valence-corrected chi connectivity index (χ0v) is 11.7. The van der Waals surface area contributed by atoms with Crippen LogP contribution in [0.25, 0.3) is 0 Å². The van der Waals surface area contributed by atoms with Crippen LogP contribution in [0.2, 0.25) is 0 Å². The summed E-state index contributed by atoms with van der Waals surface area (Å²) in [6.07, 6.45) is 0. The first-order chi connectivity index (χ1) is 8.50. The molecule has 1 aromatic heterocycles. The molecule has 1 aliphatic rings. The van der Waals surface area contributed by atoms with Gasteiger partial charge >= 0.3 is 0 Å². The SMILES string of the molecule is Cc1cscc1CN1C(=O)CNC(=O)C1C(C)C. The Hall–Kier alpha value is -1.36. The minimum absolute atomic E-state index is 0.00102. The summed E-state index contributed by atoms with van der Waals surface area (Å²) in [5.41, 5.74) is 2.31. The molecule has 98 valence electrons. The predicted molar refractivity (Wildman–Crippen MR) is 71.2 cm³/mol. The van der Waals surface area contributed by atoms with E-state index in [-0.39, 0.29) is 30.3 Å². The summed E-state index contributed by atoms with van der Waals surface area (Å²) < 4.78 is 0. The third kappa shape index (κ3) is 2.41. The molecule has 1 unspecified atom stereocenters. The molecule has 0 bridgehead atoms. The molecule has 2 rings (SSSR count). The van der Waals surface area contributed by atoms with Gasteiger partial charge in [0.1, 0.15) is 6.04 Å². The van der Waals surface area contributed by atoms with Crippen LogP contribution < -0.4 is 5.32 Å². The van der Waals surface area contributed by atoms with Crippen LogP contribution in [-0.2, 0) is 16.1 Å². The van der Waals surface area contributed by atoms with E-state index >= 15 is 0 Å². The van der Waals surface area contributed by atoms with Crippen molar-refractivity contribution in [2.24, 2.45) is 5.92 Å². The van der Waals surface area contributed by atoms with Crippen molar-refractivity contribution in [1.29, 1.82) is 0 Å². The maximum absolute atomic E-state index is 12.0. The van der Waals surface area contributed by atoms with Crippen LogP contribution in [0.1, 0.15) is 25.0 Å². The molecular formula is C13H18N2O2S. The molecule has 1 saturated heterocycles. The van der Waals surface area contributed by atoms with E-state index in [0.717, 1.165) is 5.56 Å². The second-order valence-electron chi connectivity index (χ2n) is 5.01. The number of aryl methyl sites for hydroxylation is 1. The molecule has 0 radical (unpaired) electrons. The molecule has 2 heterocycles. The summed E-state index contributed by atoms with van der Waals surface area (Å²) in [5.74, 6) is 0.0737. The van der Waals surface area contributed by atoms with Crippen LogP contribution in [0, 0.1) is 12.8 Å². The minimum Gasteiger partial charge on any atom is -0.345 e. The smallest absolute Gasteiger partial charge is 0.243 e. The largest absolute Gasteiger partial charge is 0.345 e. The number of thiophene rings is 1. The highest BCUT2D eigenvalue weighted by atomic mass is 32.1. The highest BCUT2D eigenvalue weighted by Crippen LogP contribution is 2.21. The number of amides is 2. The predicted octanol–water partition coefficient (Wildman–Crippen LogP) is 1.54.